The molecule has 19 heavy (non-hydrogen) atoms. The third kappa shape index (κ3) is 3.95. The molecule has 0 radical (unpaired) electrons. The van der Waals surface area contributed by atoms with Gasteiger partial charge < -0.3 is 10.1 Å². The van der Waals surface area contributed by atoms with Gasteiger partial charge in [0.1, 0.15) is 5.75 Å². The lowest BCUT2D eigenvalue weighted by atomic mass is 9.88. The molecule has 0 saturated carbocycles. The van der Waals surface area contributed by atoms with Crippen LogP contribution in [-0.4, -0.2) is 37.2 Å². The molecule has 1 saturated heterocycles. The molecule has 1 aromatic rings. The summed E-state index contributed by atoms with van der Waals surface area (Å²) in [4.78, 5) is 2.47. The first kappa shape index (κ1) is 14.4. The Balaban J connectivity index is 1.98. The molecule has 1 N–H and O–H groups in total. The van der Waals surface area contributed by atoms with E-state index in [-0.39, 0.29) is 5.54 Å². The zero-order valence-corrected chi connectivity index (χ0v) is 12.6. The lowest BCUT2D eigenvalue weighted by Gasteiger charge is -2.40. The highest BCUT2D eigenvalue weighted by atomic mass is 16.5. The topological polar surface area (TPSA) is 24.5 Å². The summed E-state index contributed by atoms with van der Waals surface area (Å²) in [6.07, 6.45) is 2.43. The Kier molecular flexibility index (Phi) is 4.48. The molecule has 0 amide bonds. The third-order valence-electron chi connectivity index (χ3n) is 4.02. The van der Waals surface area contributed by atoms with Gasteiger partial charge >= 0.3 is 0 Å². The van der Waals surface area contributed by atoms with Crippen molar-refractivity contribution in [2.24, 2.45) is 0 Å². The van der Waals surface area contributed by atoms with E-state index in [4.69, 9.17) is 4.74 Å². The fraction of sp³-hybridized carbons (Fsp3) is 0.625. The molecule has 3 nitrogen and oxygen atoms in total. The van der Waals surface area contributed by atoms with Crippen LogP contribution in [0.25, 0.3) is 0 Å². The Morgan fingerprint density at radius 2 is 2.21 bits per heavy atom. The number of piperidine rings is 1. The summed E-state index contributed by atoms with van der Waals surface area (Å²) in [6, 6.07) is 9.02. The van der Waals surface area contributed by atoms with Gasteiger partial charge in [-0.25, -0.2) is 0 Å². The highest BCUT2D eigenvalue weighted by molar-refractivity contribution is 5.28. The van der Waals surface area contributed by atoms with Crippen molar-refractivity contribution in [3.63, 3.8) is 0 Å². The highest BCUT2D eigenvalue weighted by Crippen LogP contribution is 2.23. The maximum absolute atomic E-state index is 5.29. The first-order valence-electron chi connectivity index (χ1n) is 7.08. The quantitative estimate of drug-likeness (QED) is 0.903. The summed E-state index contributed by atoms with van der Waals surface area (Å²) < 4.78 is 5.29. The van der Waals surface area contributed by atoms with Gasteiger partial charge in [0.15, 0.2) is 0 Å². The van der Waals surface area contributed by atoms with Gasteiger partial charge in [-0.05, 0) is 58.0 Å². The average molecular weight is 262 g/mol. The van der Waals surface area contributed by atoms with E-state index in [2.05, 4.69) is 49.3 Å². The lowest BCUT2D eigenvalue weighted by molar-refractivity contribution is 0.138. The van der Waals surface area contributed by atoms with Crippen LogP contribution in [0.5, 0.6) is 5.75 Å². The van der Waals surface area contributed by atoms with Crippen molar-refractivity contribution in [3.05, 3.63) is 29.8 Å². The van der Waals surface area contributed by atoms with Gasteiger partial charge in [-0.1, -0.05) is 12.1 Å². The van der Waals surface area contributed by atoms with Crippen LogP contribution in [0.2, 0.25) is 0 Å². The number of nitrogens with one attached hydrogen (secondary N) is 1. The van der Waals surface area contributed by atoms with Crippen LogP contribution in [0, 0.1) is 0 Å². The number of hydrogen-bond donors (Lipinski definition) is 1. The molecule has 0 aliphatic carbocycles. The molecule has 3 heteroatoms. The van der Waals surface area contributed by atoms with E-state index in [1.165, 1.54) is 18.4 Å². The summed E-state index contributed by atoms with van der Waals surface area (Å²) in [5.41, 5.74) is 1.57. The first-order valence-corrected chi connectivity index (χ1v) is 7.08. The summed E-state index contributed by atoms with van der Waals surface area (Å²) >= 11 is 0. The molecule has 1 unspecified atom stereocenters. The van der Waals surface area contributed by atoms with Crippen LogP contribution in [0.15, 0.2) is 24.3 Å². The van der Waals surface area contributed by atoms with Crippen molar-refractivity contribution in [2.45, 2.75) is 44.8 Å². The number of nitrogens with zero attached hydrogens (tertiary/aromatic N) is 1. The van der Waals surface area contributed by atoms with E-state index >= 15 is 0 Å². The second-order valence-electron chi connectivity index (χ2n) is 6.22. The Hall–Kier alpha value is -1.06. The Morgan fingerprint density at radius 1 is 1.42 bits per heavy atom. The molecular weight excluding hydrogens is 236 g/mol. The van der Waals surface area contributed by atoms with E-state index in [9.17, 15) is 0 Å². The zero-order valence-electron chi connectivity index (χ0n) is 12.6. The minimum absolute atomic E-state index is 0.256. The van der Waals surface area contributed by atoms with Crippen molar-refractivity contribution in [1.82, 2.24) is 10.2 Å². The fourth-order valence-electron chi connectivity index (χ4n) is 2.90. The third-order valence-corrected chi connectivity index (χ3v) is 4.02. The van der Waals surface area contributed by atoms with Gasteiger partial charge in [0, 0.05) is 18.1 Å². The van der Waals surface area contributed by atoms with Gasteiger partial charge in [-0.3, -0.25) is 4.90 Å². The molecule has 0 aromatic heterocycles. The Morgan fingerprint density at radius 3 is 2.89 bits per heavy atom. The van der Waals surface area contributed by atoms with Crippen LogP contribution in [0.3, 0.4) is 0 Å². The standard InChI is InChI=1S/C16H26N2O/c1-16(2)11-14(8-9-17-16)18(3)12-13-6-5-7-15(10-13)19-4/h5-7,10,14,17H,8-9,11-12H2,1-4H3. The number of benzene rings is 1. The molecular formula is C16H26N2O. The second-order valence-corrected chi connectivity index (χ2v) is 6.22. The van der Waals surface area contributed by atoms with Crippen LogP contribution in [0.4, 0.5) is 0 Å². The monoisotopic (exact) mass is 262 g/mol. The maximum Gasteiger partial charge on any atom is 0.119 e. The number of rotatable bonds is 4. The van der Waals surface area contributed by atoms with Crippen LogP contribution in [-0.2, 0) is 6.54 Å². The minimum Gasteiger partial charge on any atom is -0.497 e. The molecule has 1 aromatic carbocycles. The van der Waals surface area contributed by atoms with Crippen molar-refractivity contribution in [3.8, 4) is 5.75 Å². The average Bonchev–Trinajstić information content (AvgIpc) is 2.37. The molecule has 1 atom stereocenters. The normalized spacial score (nSPS) is 22.5. The van der Waals surface area contributed by atoms with Crippen LogP contribution >= 0.6 is 0 Å². The smallest absolute Gasteiger partial charge is 0.119 e. The van der Waals surface area contributed by atoms with Crippen molar-refractivity contribution in [2.75, 3.05) is 20.7 Å². The first-order chi connectivity index (χ1) is 9.00. The lowest BCUT2D eigenvalue weighted by Crippen LogP contribution is -2.52. The Bertz CT molecular complexity index is 417. The van der Waals surface area contributed by atoms with Gasteiger partial charge in [0.2, 0.25) is 0 Å². The summed E-state index contributed by atoms with van der Waals surface area (Å²) in [6.45, 7) is 6.68. The van der Waals surface area contributed by atoms with Crippen molar-refractivity contribution < 1.29 is 4.74 Å². The molecule has 1 heterocycles. The number of ether oxygens (including phenoxy) is 1. The van der Waals surface area contributed by atoms with Crippen molar-refractivity contribution >= 4 is 0 Å². The predicted molar refractivity (Wildman–Crippen MR) is 79.6 cm³/mol. The maximum atomic E-state index is 5.29. The number of methoxy groups -OCH3 is 1. The van der Waals surface area contributed by atoms with Gasteiger partial charge in [-0.15, -0.1) is 0 Å². The minimum atomic E-state index is 0.256. The van der Waals surface area contributed by atoms with Gasteiger partial charge in [0.25, 0.3) is 0 Å². The van der Waals surface area contributed by atoms with Crippen LogP contribution in [0.1, 0.15) is 32.3 Å². The van der Waals surface area contributed by atoms with E-state index in [0.717, 1.165) is 18.8 Å². The summed E-state index contributed by atoms with van der Waals surface area (Å²) in [5, 5.41) is 3.58. The highest BCUT2D eigenvalue weighted by Gasteiger charge is 2.29. The molecule has 0 bridgehead atoms. The SMILES string of the molecule is COc1cccc(CN(C)C2CCNC(C)(C)C2)c1. The fourth-order valence-corrected chi connectivity index (χ4v) is 2.90. The molecule has 1 fully saturated rings. The van der Waals surface area contributed by atoms with E-state index < -0.39 is 0 Å². The van der Waals surface area contributed by atoms with Crippen molar-refractivity contribution in [1.29, 1.82) is 0 Å². The van der Waals surface area contributed by atoms with Crippen LogP contribution < -0.4 is 10.1 Å². The molecule has 2 rings (SSSR count). The van der Waals surface area contributed by atoms with Gasteiger partial charge in [0.05, 0.1) is 7.11 Å². The molecule has 0 spiro atoms. The van der Waals surface area contributed by atoms with E-state index in [0.29, 0.717) is 6.04 Å². The second kappa shape index (κ2) is 5.93. The van der Waals surface area contributed by atoms with E-state index in [1.54, 1.807) is 7.11 Å². The Labute approximate surface area is 116 Å². The molecule has 106 valence electrons. The van der Waals surface area contributed by atoms with Gasteiger partial charge in [-0.2, -0.15) is 0 Å². The molecule has 1 aliphatic rings. The van der Waals surface area contributed by atoms with E-state index in [1.807, 2.05) is 6.07 Å². The summed E-state index contributed by atoms with van der Waals surface area (Å²) in [5.74, 6) is 0.941. The summed E-state index contributed by atoms with van der Waals surface area (Å²) in [7, 11) is 3.95. The largest absolute Gasteiger partial charge is 0.497 e. The number of hydrogen-bond acceptors (Lipinski definition) is 3. The predicted octanol–water partition coefficient (Wildman–Crippen LogP) is 2.66. The zero-order chi connectivity index (χ0) is 13.9. The molecule has 1 aliphatic heterocycles.